The van der Waals surface area contributed by atoms with Gasteiger partial charge in [0.25, 0.3) is 11.8 Å². The zero-order chi connectivity index (χ0) is 37.9. The molecule has 1 heterocycles. The van der Waals surface area contributed by atoms with E-state index in [1.54, 1.807) is 66.9 Å². The van der Waals surface area contributed by atoms with Gasteiger partial charge in [0, 0.05) is 11.0 Å². The van der Waals surface area contributed by atoms with E-state index in [-0.39, 0.29) is 29.0 Å². The number of rotatable bonds is 12. The minimum atomic E-state index is -1.84. The Morgan fingerprint density at radius 2 is 1.56 bits per heavy atom. The highest BCUT2D eigenvalue weighted by Crippen LogP contribution is 2.35. The summed E-state index contributed by atoms with van der Waals surface area (Å²) in [6, 6.07) is 7.38. The van der Waals surface area contributed by atoms with E-state index in [0.717, 1.165) is 5.56 Å². The minimum Gasteiger partial charge on any atom is -0.497 e. The zero-order valence-electron chi connectivity index (χ0n) is 30.8. The number of carbonyl (C=O) groups excluding carboxylic acids is 6. The third kappa shape index (κ3) is 9.19. The largest absolute Gasteiger partial charge is 0.497 e. The van der Waals surface area contributed by atoms with E-state index in [1.807, 2.05) is 20.8 Å². The van der Waals surface area contributed by atoms with E-state index in [9.17, 15) is 28.8 Å². The van der Waals surface area contributed by atoms with Crippen molar-refractivity contribution in [1.29, 1.82) is 0 Å². The molecule has 0 radical (unpaired) electrons. The number of amides is 3. The molecule has 0 bridgehead atoms. The summed E-state index contributed by atoms with van der Waals surface area (Å²) in [5, 5.41) is 2.58. The van der Waals surface area contributed by atoms with Crippen molar-refractivity contribution in [3.05, 3.63) is 47.5 Å². The fourth-order valence-corrected chi connectivity index (χ4v) is 4.85. The van der Waals surface area contributed by atoms with Gasteiger partial charge < -0.3 is 29.0 Å². The molecule has 2 unspecified atom stereocenters. The lowest BCUT2D eigenvalue weighted by Gasteiger charge is -2.28. The number of benzene rings is 2. The molecule has 2 atom stereocenters. The average Bonchev–Trinajstić information content (AvgIpc) is 3.20. The van der Waals surface area contributed by atoms with E-state index < -0.39 is 64.7 Å². The molecule has 13 nitrogen and oxygen atoms in total. The predicted octanol–water partition coefficient (Wildman–Crippen LogP) is 5.86. The molecule has 272 valence electrons. The van der Waals surface area contributed by atoms with Gasteiger partial charge in [0.05, 0.1) is 30.4 Å². The highest BCUT2D eigenvalue weighted by Gasteiger charge is 2.55. The second-order valence-corrected chi connectivity index (χ2v) is 15.0. The van der Waals surface area contributed by atoms with Crippen molar-refractivity contribution in [3.63, 3.8) is 0 Å². The van der Waals surface area contributed by atoms with Crippen LogP contribution in [0.3, 0.4) is 0 Å². The number of ketones is 1. The molecule has 1 N–H and O–H groups in total. The molecule has 1 aliphatic heterocycles. The van der Waals surface area contributed by atoms with Crippen LogP contribution in [-0.2, 0) is 34.1 Å². The van der Waals surface area contributed by atoms with Crippen LogP contribution < -0.4 is 19.5 Å². The lowest BCUT2D eigenvalue weighted by molar-refractivity contribution is -0.145. The van der Waals surface area contributed by atoms with Crippen LogP contribution in [-0.4, -0.2) is 72.0 Å². The fraction of sp³-hybridized carbons (Fsp3) is 0.514. The van der Waals surface area contributed by atoms with E-state index in [2.05, 4.69) is 5.32 Å². The van der Waals surface area contributed by atoms with Gasteiger partial charge in [-0.25, -0.2) is 14.5 Å². The van der Waals surface area contributed by atoms with Crippen LogP contribution in [0.25, 0.3) is 0 Å². The maximum atomic E-state index is 13.7. The monoisotopic (exact) mass is 696 g/mol. The first-order valence-corrected chi connectivity index (χ1v) is 16.3. The molecule has 50 heavy (non-hydrogen) atoms. The number of imide groups is 1. The van der Waals surface area contributed by atoms with Crippen molar-refractivity contribution in [3.8, 4) is 17.2 Å². The number of hydrogen-bond acceptors (Lipinski definition) is 11. The first-order chi connectivity index (χ1) is 23.0. The fourth-order valence-electron chi connectivity index (χ4n) is 4.85. The van der Waals surface area contributed by atoms with Gasteiger partial charge >= 0.3 is 18.0 Å². The number of hydrogen-bond donors (Lipinski definition) is 1. The minimum absolute atomic E-state index is 0.0479. The standard InChI is InChI=1S/C37H48N2O11/c1-20(2)48-27-17-22(32(43)47-19-21(3)31(42)49-26-16-14-23(46-12)18-24(26)35(4,5)6)13-15-25(27)38-30(41)28(29(40)36(7,8)9)39-33(44)37(10,11)50-34(39)45/h13-18,20-21,28H,19H2,1-12H3,(H,38,41). The van der Waals surface area contributed by atoms with Gasteiger partial charge in [-0.05, 0) is 76.4 Å². The van der Waals surface area contributed by atoms with E-state index in [0.29, 0.717) is 16.4 Å². The Morgan fingerprint density at radius 3 is 2.08 bits per heavy atom. The van der Waals surface area contributed by atoms with Crippen LogP contribution in [0, 0.1) is 11.3 Å². The van der Waals surface area contributed by atoms with Gasteiger partial charge in [0.15, 0.2) is 17.4 Å². The summed E-state index contributed by atoms with van der Waals surface area (Å²) in [7, 11) is 1.55. The molecule has 0 saturated carbocycles. The van der Waals surface area contributed by atoms with Gasteiger partial charge in [-0.15, -0.1) is 0 Å². The van der Waals surface area contributed by atoms with Crippen molar-refractivity contribution >= 4 is 41.3 Å². The summed E-state index contributed by atoms with van der Waals surface area (Å²) in [5.41, 5.74) is -2.15. The van der Waals surface area contributed by atoms with Gasteiger partial charge in [0.2, 0.25) is 0 Å². The molecule has 13 heteroatoms. The maximum Gasteiger partial charge on any atom is 0.418 e. The Morgan fingerprint density at radius 1 is 0.920 bits per heavy atom. The smallest absolute Gasteiger partial charge is 0.418 e. The highest BCUT2D eigenvalue weighted by atomic mass is 16.6. The van der Waals surface area contributed by atoms with Crippen molar-refractivity contribution < 1.29 is 52.5 Å². The molecule has 1 fully saturated rings. The Labute approximate surface area is 292 Å². The number of Topliss-reactive ketones (excluding diaryl/α,β-unsaturated/α-hetero) is 1. The topological polar surface area (TPSA) is 164 Å². The summed E-state index contributed by atoms with van der Waals surface area (Å²) < 4.78 is 27.4. The molecule has 1 aliphatic rings. The lowest BCUT2D eigenvalue weighted by atomic mass is 9.85. The first kappa shape index (κ1) is 39.5. The number of cyclic esters (lactones) is 1. The number of methoxy groups -OCH3 is 1. The molecule has 0 aromatic heterocycles. The number of anilines is 1. The van der Waals surface area contributed by atoms with Gasteiger partial charge in [-0.3, -0.25) is 19.2 Å². The number of carbonyl (C=O) groups is 6. The third-order valence-corrected chi connectivity index (χ3v) is 7.68. The molecule has 2 aromatic rings. The first-order valence-electron chi connectivity index (χ1n) is 16.3. The van der Waals surface area contributed by atoms with Gasteiger partial charge in [0.1, 0.15) is 23.9 Å². The van der Waals surface area contributed by atoms with Crippen LogP contribution >= 0.6 is 0 Å². The van der Waals surface area contributed by atoms with E-state index >= 15 is 0 Å². The molecule has 2 aromatic carbocycles. The highest BCUT2D eigenvalue weighted by molar-refractivity contribution is 6.19. The molecule has 0 aliphatic carbocycles. The predicted molar refractivity (Wildman–Crippen MR) is 183 cm³/mol. The van der Waals surface area contributed by atoms with Crippen LogP contribution in [0.1, 0.15) is 92.1 Å². The summed E-state index contributed by atoms with van der Waals surface area (Å²) in [6.45, 7) is 18.1. The lowest BCUT2D eigenvalue weighted by Crippen LogP contribution is -2.55. The van der Waals surface area contributed by atoms with Crippen molar-refractivity contribution in [2.75, 3.05) is 19.0 Å². The van der Waals surface area contributed by atoms with Crippen molar-refractivity contribution in [2.24, 2.45) is 11.3 Å². The van der Waals surface area contributed by atoms with Crippen LogP contribution in [0.5, 0.6) is 17.2 Å². The molecule has 0 spiro atoms. The number of ether oxygens (including phenoxy) is 5. The van der Waals surface area contributed by atoms with E-state index in [4.69, 9.17) is 23.7 Å². The van der Waals surface area contributed by atoms with Crippen LogP contribution in [0.4, 0.5) is 10.5 Å². The van der Waals surface area contributed by atoms with Gasteiger partial charge in [-0.2, -0.15) is 0 Å². The zero-order valence-corrected chi connectivity index (χ0v) is 30.8. The van der Waals surface area contributed by atoms with Crippen molar-refractivity contribution in [2.45, 2.75) is 99.3 Å². The summed E-state index contributed by atoms with van der Waals surface area (Å²) in [5.74, 6) is -3.65. The molecular formula is C37H48N2O11. The Hall–Kier alpha value is -4.94. The molecule has 1 saturated heterocycles. The summed E-state index contributed by atoms with van der Waals surface area (Å²) in [6.07, 6.45) is -1.53. The summed E-state index contributed by atoms with van der Waals surface area (Å²) >= 11 is 0. The SMILES string of the molecule is COc1ccc(OC(=O)C(C)COC(=O)c2ccc(NC(=O)C(C(=O)C(C)(C)C)N3C(=O)OC(C)(C)C3=O)c(OC(C)C)c2)c(C(C)(C)C)c1. The second-order valence-electron chi connectivity index (χ2n) is 15.0. The van der Waals surface area contributed by atoms with Crippen LogP contribution in [0.2, 0.25) is 0 Å². The Bertz CT molecular complexity index is 1660. The molecule has 3 amide bonds. The molecular weight excluding hydrogens is 648 g/mol. The normalized spacial score (nSPS) is 15.6. The Balaban J connectivity index is 1.80. The second kappa shape index (κ2) is 14.9. The number of nitrogens with one attached hydrogen (secondary N) is 1. The maximum absolute atomic E-state index is 13.7. The Kier molecular flexibility index (Phi) is 11.8. The third-order valence-electron chi connectivity index (χ3n) is 7.68. The average molecular weight is 697 g/mol. The molecule has 3 rings (SSSR count). The van der Waals surface area contributed by atoms with Gasteiger partial charge in [-0.1, -0.05) is 41.5 Å². The van der Waals surface area contributed by atoms with Crippen LogP contribution in [0.15, 0.2) is 36.4 Å². The van der Waals surface area contributed by atoms with Crippen molar-refractivity contribution in [1.82, 2.24) is 4.90 Å². The van der Waals surface area contributed by atoms with E-state index in [1.165, 1.54) is 32.0 Å². The number of nitrogens with zero attached hydrogens (tertiary/aromatic N) is 1. The summed E-state index contributed by atoms with van der Waals surface area (Å²) in [4.78, 5) is 79.5. The number of esters is 2. The quantitative estimate of drug-likeness (QED) is 0.161.